The van der Waals surface area contributed by atoms with Gasteiger partial charge in [0.25, 0.3) is 0 Å². The van der Waals surface area contributed by atoms with Crippen LogP contribution in [0.4, 0.5) is 0 Å². The van der Waals surface area contributed by atoms with Crippen LogP contribution < -0.4 is 0 Å². The fourth-order valence-corrected chi connectivity index (χ4v) is 7.04. The maximum atomic E-state index is 10.2. The number of thioether (sulfide) groups is 2. The number of hydrogen-bond donors (Lipinski definition) is 1. The van der Waals surface area contributed by atoms with E-state index >= 15 is 0 Å². The molecule has 0 amide bonds. The predicted molar refractivity (Wildman–Crippen MR) is 138 cm³/mol. The first-order valence-corrected chi connectivity index (χ1v) is 12.9. The number of aliphatic hydroxyl groups is 1. The largest absolute Gasteiger partial charge is 0.395 e. The molecule has 1 aliphatic rings. The molecule has 0 spiro atoms. The van der Waals surface area contributed by atoms with E-state index in [0.717, 1.165) is 16.0 Å². The monoisotopic (exact) mass is 493 g/mol. The molecule has 3 aromatic rings. The van der Waals surface area contributed by atoms with Gasteiger partial charge in [-0.25, -0.2) is 0 Å². The van der Waals surface area contributed by atoms with Gasteiger partial charge in [0.15, 0.2) is 0 Å². The van der Waals surface area contributed by atoms with E-state index < -0.39 is 18.2 Å². The predicted octanol–water partition coefficient (Wildman–Crippen LogP) is 6.06. The molecule has 1 N–H and O–H groups in total. The first kappa shape index (κ1) is 24.7. The Hall–Kier alpha value is -2.45. The zero-order valence-electron chi connectivity index (χ0n) is 18.6. The van der Waals surface area contributed by atoms with Gasteiger partial charge in [0.2, 0.25) is 0 Å². The average Bonchev–Trinajstić information content (AvgIpc) is 2.89. The van der Waals surface area contributed by atoms with Crippen LogP contribution in [0.3, 0.4) is 0 Å². The number of nitrogens with zero attached hydrogens (tertiary/aromatic N) is 3. The Morgan fingerprint density at radius 2 is 1.35 bits per heavy atom. The lowest BCUT2D eigenvalue weighted by molar-refractivity contribution is -0.0497. The molecule has 34 heavy (non-hydrogen) atoms. The first-order chi connectivity index (χ1) is 16.8. The van der Waals surface area contributed by atoms with Gasteiger partial charge in [0.1, 0.15) is 0 Å². The summed E-state index contributed by atoms with van der Waals surface area (Å²) < 4.78 is 12.6. The minimum Gasteiger partial charge on any atom is -0.395 e. The van der Waals surface area contributed by atoms with Crippen LogP contribution in [-0.4, -0.2) is 39.8 Å². The van der Waals surface area contributed by atoms with Gasteiger partial charge >= 0.3 is 0 Å². The summed E-state index contributed by atoms with van der Waals surface area (Å²) in [6.45, 7) is 0.672. The Morgan fingerprint density at radius 3 is 1.88 bits per heavy atom. The average molecular weight is 494 g/mol. The molecular weight excluding hydrogens is 466 g/mol. The molecule has 6 nitrogen and oxygen atoms in total. The number of benzene rings is 3. The van der Waals surface area contributed by atoms with Crippen molar-refractivity contribution in [3.05, 3.63) is 113 Å². The second kappa shape index (κ2) is 12.9. The molecule has 3 unspecified atom stereocenters. The van der Waals surface area contributed by atoms with Crippen molar-refractivity contribution in [2.24, 2.45) is 5.11 Å². The third-order valence-electron chi connectivity index (χ3n) is 5.55. The van der Waals surface area contributed by atoms with Crippen molar-refractivity contribution < 1.29 is 14.6 Å². The molecule has 1 aliphatic heterocycles. The standard InChI is InChI=1S/C26H27N3O3S2/c27-29-28-23-24(31-17-19-10-4-1-5-11-19)22(16-30)34-26(33-21-14-8-3-9-15-21)25(23)32-18-20-12-6-2-7-13-20/h1-15,22-26,30H,16-18H2/t22?,23?,24-,25?,26-/m0/s1. The van der Waals surface area contributed by atoms with E-state index in [1.54, 1.807) is 23.5 Å². The fraction of sp³-hybridized carbons (Fsp3) is 0.308. The third-order valence-corrected chi connectivity index (χ3v) is 8.52. The number of ether oxygens (including phenoxy) is 2. The number of hydrogen-bond acceptors (Lipinski definition) is 6. The molecule has 1 fully saturated rings. The molecule has 0 bridgehead atoms. The highest BCUT2D eigenvalue weighted by atomic mass is 32.2. The number of rotatable bonds is 10. The van der Waals surface area contributed by atoms with E-state index in [0.29, 0.717) is 13.2 Å². The molecule has 0 radical (unpaired) electrons. The second-order valence-electron chi connectivity index (χ2n) is 7.87. The summed E-state index contributed by atoms with van der Waals surface area (Å²) in [7, 11) is 0. The SMILES string of the molecule is [N-]=[N+]=NC1C(OCc2ccccc2)[C@@H](Sc2ccccc2)SC(CO)[C@@H]1OCc1ccccc1. The summed E-state index contributed by atoms with van der Waals surface area (Å²) in [4.78, 5) is 4.24. The molecule has 1 saturated heterocycles. The normalized spacial score (nSPS) is 24.3. The summed E-state index contributed by atoms with van der Waals surface area (Å²) in [5.74, 6) is 0. The summed E-state index contributed by atoms with van der Waals surface area (Å²) in [5.41, 5.74) is 11.5. The molecule has 0 aliphatic carbocycles. The summed E-state index contributed by atoms with van der Waals surface area (Å²) in [6.07, 6.45) is -0.894. The van der Waals surface area contributed by atoms with Crippen LogP contribution in [0, 0.1) is 0 Å². The smallest absolute Gasteiger partial charge is 0.0929 e. The second-order valence-corrected chi connectivity index (χ2v) is 10.8. The Labute approximate surface area is 208 Å². The Morgan fingerprint density at radius 1 is 0.824 bits per heavy atom. The van der Waals surface area contributed by atoms with Crippen molar-refractivity contribution in [2.75, 3.05) is 6.61 Å². The lowest BCUT2D eigenvalue weighted by atomic mass is 10.0. The highest BCUT2D eigenvalue weighted by Gasteiger charge is 2.47. The van der Waals surface area contributed by atoms with E-state index in [1.165, 1.54) is 0 Å². The van der Waals surface area contributed by atoms with Gasteiger partial charge in [-0.15, -0.1) is 23.5 Å². The van der Waals surface area contributed by atoms with Gasteiger partial charge in [-0.3, -0.25) is 0 Å². The van der Waals surface area contributed by atoms with Crippen molar-refractivity contribution >= 4 is 23.5 Å². The van der Waals surface area contributed by atoms with Crippen molar-refractivity contribution in [2.45, 2.75) is 46.2 Å². The van der Waals surface area contributed by atoms with Crippen LogP contribution in [0.15, 0.2) is 101 Å². The molecule has 8 heteroatoms. The lowest BCUT2D eigenvalue weighted by Gasteiger charge is -2.43. The minimum absolute atomic E-state index is 0.0845. The topological polar surface area (TPSA) is 87.5 Å². The van der Waals surface area contributed by atoms with Crippen LogP contribution in [-0.2, 0) is 22.7 Å². The quantitative estimate of drug-likeness (QED) is 0.211. The van der Waals surface area contributed by atoms with Crippen molar-refractivity contribution in [1.29, 1.82) is 0 Å². The van der Waals surface area contributed by atoms with Crippen LogP contribution in [0.5, 0.6) is 0 Å². The van der Waals surface area contributed by atoms with E-state index in [1.807, 2.05) is 91.0 Å². The van der Waals surface area contributed by atoms with E-state index in [9.17, 15) is 10.6 Å². The molecule has 176 valence electrons. The van der Waals surface area contributed by atoms with Gasteiger partial charge in [-0.1, -0.05) is 84.0 Å². The maximum Gasteiger partial charge on any atom is 0.0929 e. The molecule has 0 aromatic heterocycles. The lowest BCUT2D eigenvalue weighted by Crippen LogP contribution is -2.54. The van der Waals surface area contributed by atoms with Crippen molar-refractivity contribution in [3.63, 3.8) is 0 Å². The first-order valence-electron chi connectivity index (χ1n) is 11.1. The van der Waals surface area contributed by atoms with Crippen LogP contribution >= 0.6 is 23.5 Å². The molecule has 0 saturated carbocycles. The van der Waals surface area contributed by atoms with Gasteiger partial charge in [0, 0.05) is 9.81 Å². The minimum atomic E-state index is -0.586. The molecule has 3 aromatic carbocycles. The summed E-state index contributed by atoms with van der Waals surface area (Å²) in [6, 6.07) is 29.3. The van der Waals surface area contributed by atoms with Gasteiger partial charge in [-0.05, 0) is 28.8 Å². The number of azide groups is 1. The Balaban J connectivity index is 1.60. The van der Waals surface area contributed by atoms with E-state index in [2.05, 4.69) is 10.0 Å². The highest BCUT2D eigenvalue weighted by molar-refractivity contribution is 8.17. The van der Waals surface area contributed by atoms with Crippen LogP contribution in [0.25, 0.3) is 10.4 Å². The summed E-state index contributed by atoms with van der Waals surface area (Å²) >= 11 is 3.28. The van der Waals surface area contributed by atoms with Gasteiger partial charge < -0.3 is 14.6 Å². The van der Waals surface area contributed by atoms with E-state index in [-0.39, 0.29) is 16.4 Å². The van der Waals surface area contributed by atoms with Crippen molar-refractivity contribution in [3.8, 4) is 0 Å². The van der Waals surface area contributed by atoms with E-state index in [4.69, 9.17) is 9.47 Å². The molecule has 4 rings (SSSR count). The zero-order chi connectivity index (χ0) is 23.6. The maximum absolute atomic E-state index is 10.2. The highest BCUT2D eigenvalue weighted by Crippen LogP contribution is 2.45. The summed E-state index contributed by atoms with van der Waals surface area (Å²) in [5, 5.41) is 14.1. The third kappa shape index (κ3) is 6.57. The van der Waals surface area contributed by atoms with Crippen molar-refractivity contribution in [1.82, 2.24) is 0 Å². The molecule has 1 heterocycles. The fourth-order valence-electron chi connectivity index (χ4n) is 3.88. The zero-order valence-corrected chi connectivity index (χ0v) is 20.2. The van der Waals surface area contributed by atoms with Crippen LogP contribution in [0.1, 0.15) is 11.1 Å². The van der Waals surface area contributed by atoms with Crippen LogP contribution in [0.2, 0.25) is 0 Å². The molecule has 5 atom stereocenters. The Kier molecular flexibility index (Phi) is 9.33. The molecular formula is C26H27N3O3S2. The van der Waals surface area contributed by atoms with Gasteiger partial charge in [0.05, 0.1) is 47.9 Å². The van der Waals surface area contributed by atoms with Gasteiger partial charge in [-0.2, -0.15) is 0 Å². The number of aliphatic hydroxyl groups excluding tert-OH is 1. The Bertz CT molecular complexity index is 1050.